The second-order valence-electron chi connectivity index (χ2n) is 5.27. The molecule has 1 amide bonds. The summed E-state index contributed by atoms with van der Waals surface area (Å²) in [6, 6.07) is 13.3. The first-order chi connectivity index (χ1) is 10.5. The number of halogens is 1. The highest BCUT2D eigenvalue weighted by Crippen LogP contribution is 2.22. The zero-order chi connectivity index (χ0) is 16.1. The molecule has 0 bridgehead atoms. The third-order valence-electron chi connectivity index (χ3n) is 3.64. The molecule has 2 rings (SSSR count). The van der Waals surface area contributed by atoms with Gasteiger partial charge in [-0.3, -0.25) is 4.79 Å². The Kier molecular flexibility index (Phi) is 5.45. The van der Waals surface area contributed by atoms with Crippen LogP contribution in [0.4, 0.5) is 0 Å². The molecule has 4 heteroatoms. The molecular formula is C18H20ClNO2. The summed E-state index contributed by atoms with van der Waals surface area (Å²) in [5, 5.41) is 3.49. The topological polar surface area (TPSA) is 38.3 Å². The van der Waals surface area contributed by atoms with Crippen molar-refractivity contribution >= 4 is 17.5 Å². The smallest absolute Gasteiger partial charge is 0.261 e. The van der Waals surface area contributed by atoms with E-state index in [1.54, 1.807) is 13.0 Å². The van der Waals surface area contributed by atoms with Gasteiger partial charge in [0.25, 0.3) is 5.91 Å². The molecule has 2 aromatic rings. The van der Waals surface area contributed by atoms with Gasteiger partial charge in [-0.25, -0.2) is 0 Å². The fraction of sp³-hybridized carbons (Fsp3) is 0.278. The summed E-state index contributed by atoms with van der Waals surface area (Å²) in [5.74, 6) is 0.571. The number of hydrogen-bond acceptors (Lipinski definition) is 2. The molecule has 116 valence electrons. The molecule has 0 saturated carbocycles. The zero-order valence-electron chi connectivity index (χ0n) is 13.0. The van der Waals surface area contributed by atoms with Crippen LogP contribution in [0.25, 0.3) is 0 Å². The van der Waals surface area contributed by atoms with Gasteiger partial charge in [0.15, 0.2) is 6.10 Å². The first-order valence-electron chi connectivity index (χ1n) is 7.23. The van der Waals surface area contributed by atoms with Gasteiger partial charge in [-0.05, 0) is 49.6 Å². The van der Waals surface area contributed by atoms with Gasteiger partial charge in [0, 0.05) is 11.6 Å². The molecule has 0 heterocycles. The van der Waals surface area contributed by atoms with Crippen molar-refractivity contribution < 1.29 is 9.53 Å². The molecular weight excluding hydrogens is 298 g/mol. The fourth-order valence-corrected chi connectivity index (χ4v) is 2.27. The molecule has 1 N–H and O–H groups in total. The Morgan fingerprint density at radius 3 is 2.64 bits per heavy atom. The van der Waals surface area contributed by atoms with E-state index in [1.165, 1.54) is 0 Å². The van der Waals surface area contributed by atoms with Crippen LogP contribution in [0, 0.1) is 13.8 Å². The van der Waals surface area contributed by atoms with Crippen molar-refractivity contribution in [1.82, 2.24) is 5.32 Å². The molecule has 0 spiro atoms. The first kappa shape index (κ1) is 16.4. The summed E-state index contributed by atoms with van der Waals surface area (Å²) < 4.78 is 5.76. The summed E-state index contributed by atoms with van der Waals surface area (Å²) in [6.45, 7) is 6.13. The van der Waals surface area contributed by atoms with Crippen LogP contribution in [-0.4, -0.2) is 12.0 Å². The lowest BCUT2D eigenvalue weighted by atomic mass is 10.1. The van der Waals surface area contributed by atoms with Crippen molar-refractivity contribution in [3.05, 3.63) is 64.2 Å². The zero-order valence-corrected chi connectivity index (χ0v) is 13.8. The highest BCUT2D eigenvalue weighted by atomic mass is 35.5. The minimum absolute atomic E-state index is 0.166. The van der Waals surface area contributed by atoms with Gasteiger partial charge in [-0.2, -0.15) is 0 Å². The van der Waals surface area contributed by atoms with E-state index < -0.39 is 6.10 Å². The first-order valence-corrected chi connectivity index (χ1v) is 7.61. The highest BCUT2D eigenvalue weighted by Gasteiger charge is 2.16. The fourth-order valence-electron chi connectivity index (χ4n) is 2.06. The highest BCUT2D eigenvalue weighted by molar-refractivity contribution is 6.31. The molecule has 3 nitrogen and oxygen atoms in total. The largest absolute Gasteiger partial charge is 0.481 e. The lowest BCUT2D eigenvalue weighted by Gasteiger charge is -2.17. The summed E-state index contributed by atoms with van der Waals surface area (Å²) in [6.07, 6.45) is -0.567. The van der Waals surface area contributed by atoms with Gasteiger partial charge in [0.2, 0.25) is 0 Å². The van der Waals surface area contributed by atoms with E-state index in [4.69, 9.17) is 16.3 Å². The summed E-state index contributed by atoms with van der Waals surface area (Å²) in [4.78, 5) is 12.1. The Hall–Kier alpha value is -2.00. The normalized spacial score (nSPS) is 11.8. The van der Waals surface area contributed by atoms with Crippen LogP contribution >= 0.6 is 11.6 Å². The van der Waals surface area contributed by atoms with Crippen molar-refractivity contribution in [3.63, 3.8) is 0 Å². The molecule has 1 atom stereocenters. The average molecular weight is 318 g/mol. The van der Waals surface area contributed by atoms with Gasteiger partial charge in [-0.15, -0.1) is 0 Å². The number of rotatable bonds is 5. The number of benzene rings is 2. The molecule has 0 radical (unpaired) electrons. The number of ether oxygens (including phenoxy) is 1. The van der Waals surface area contributed by atoms with Crippen LogP contribution in [-0.2, 0) is 11.3 Å². The van der Waals surface area contributed by atoms with Crippen LogP contribution in [0.5, 0.6) is 5.75 Å². The van der Waals surface area contributed by atoms with Gasteiger partial charge < -0.3 is 10.1 Å². The lowest BCUT2D eigenvalue weighted by molar-refractivity contribution is -0.127. The average Bonchev–Trinajstić information content (AvgIpc) is 2.50. The number of carbonyl (C=O) groups is 1. The molecule has 0 aliphatic carbocycles. The van der Waals surface area contributed by atoms with E-state index in [0.717, 1.165) is 22.4 Å². The number of nitrogens with one attached hydrogen (secondary N) is 1. The summed E-state index contributed by atoms with van der Waals surface area (Å²) in [5.41, 5.74) is 3.07. The quantitative estimate of drug-likeness (QED) is 0.903. The molecule has 0 aromatic heterocycles. The molecule has 0 aliphatic heterocycles. The summed E-state index contributed by atoms with van der Waals surface area (Å²) >= 11 is 6.07. The maximum atomic E-state index is 12.1. The van der Waals surface area contributed by atoms with Crippen LogP contribution < -0.4 is 10.1 Å². The third-order valence-corrected chi connectivity index (χ3v) is 4.01. The van der Waals surface area contributed by atoms with Crippen LogP contribution in [0.1, 0.15) is 23.6 Å². The maximum Gasteiger partial charge on any atom is 0.261 e. The van der Waals surface area contributed by atoms with Crippen LogP contribution in [0.15, 0.2) is 42.5 Å². The molecule has 0 saturated heterocycles. The SMILES string of the molecule is Cc1cccc(O[C@@H](C)C(=O)NCc2ccccc2Cl)c1C. The minimum Gasteiger partial charge on any atom is -0.481 e. The van der Waals surface area contributed by atoms with E-state index >= 15 is 0 Å². The van der Waals surface area contributed by atoms with Gasteiger partial charge in [-0.1, -0.05) is 41.9 Å². The molecule has 0 aliphatic rings. The van der Waals surface area contributed by atoms with Crippen LogP contribution in [0.2, 0.25) is 5.02 Å². The van der Waals surface area contributed by atoms with Crippen LogP contribution in [0.3, 0.4) is 0 Å². The van der Waals surface area contributed by atoms with Crippen molar-refractivity contribution in [2.45, 2.75) is 33.4 Å². The molecule has 2 aromatic carbocycles. The van der Waals surface area contributed by atoms with E-state index in [2.05, 4.69) is 5.32 Å². The van der Waals surface area contributed by atoms with Gasteiger partial charge in [0.1, 0.15) is 5.75 Å². The second-order valence-corrected chi connectivity index (χ2v) is 5.67. The minimum atomic E-state index is -0.567. The van der Waals surface area contributed by atoms with Crippen molar-refractivity contribution in [3.8, 4) is 5.75 Å². The second kappa shape index (κ2) is 7.32. The standard InChI is InChI=1S/C18H20ClNO2/c1-12-7-6-10-17(13(12)2)22-14(3)18(21)20-11-15-8-4-5-9-16(15)19/h4-10,14H,11H2,1-3H3,(H,20,21)/t14-/m0/s1. The Balaban J connectivity index is 1.95. The predicted octanol–water partition coefficient (Wildman–Crippen LogP) is 4.04. The Bertz CT molecular complexity index is 670. The number of carbonyl (C=O) groups excluding carboxylic acids is 1. The number of amides is 1. The van der Waals surface area contributed by atoms with Gasteiger partial charge in [0.05, 0.1) is 0 Å². The van der Waals surface area contributed by atoms with Crippen molar-refractivity contribution in [2.75, 3.05) is 0 Å². The Morgan fingerprint density at radius 1 is 1.18 bits per heavy atom. The number of hydrogen-bond donors (Lipinski definition) is 1. The van der Waals surface area contributed by atoms with E-state index in [1.807, 2.05) is 50.2 Å². The van der Waals surface area contributed by atoms with Gasteiger partial charge >= 0.3 is 0 Å². The Labute approximate surface area is 136 Å². The van der Waals surface area contributed by atoms with E-state index in [-0.39, 0.29) is 5.91 Å². The van der Waals surface area contributed by atoms with E-state index in [9.17, 15) is 4.79 Å². The third kappa shape index (κ3) is 4.01. The lowest BCUT2D eigenvalue weighted by Crippen LogP contribution is -2.36. The molecule has 22 heavy (non-hydrogen) atoms. The van der Waals surface area contributed by atoms with Crippen molar-refractivity contribution in [1.29, 1.82) is 0 Å². The van der Waals surface area contributed by atoms with Crippen molar-refractivity contribution in [2.24, 2.45) is 0 Å². The summed E-state index contributed by atoms with van der Waals surface area (Å²) in [7, 11) is 0. The maximum absolute atomic E-state index is 12.1. The van der Waals surface area contributed by atoms with E-state index in [0.29, 0.717) is 11.6 Å². The Morgan fingerprint density at radius 2 is 1.91 bits per heavy atom. The molecule has 0 unspecified atom stereocenters. The predicted molar refractivity (Wildman–Crippen MR) is 89.3 cm³/mol. The number of aryl methyl sites for hydroxylation is 1. The monoisotopic (exact) mass is 317 g/mol. The molecule has 0 fully saturated rings.